The lowest BCUT2D eigenvalue weighted by Crippen LogP contribution is -2.25. The number of aliphatic hydroxyl groups excluding tert-OH is 1. The molecule has 0 spiro atoms. The van der Waals surface area contributed by atoms with E-state index in [1.54, 1.807) is 0 Å². The molecule has 0 aliphatic heterocycles. The minimum absolute atomic E-state index is 0.231. The number of aryl methyl sites for hydroxylation is 1. The van der Waals surface area contributed by atoms with Crippen molar-refractivity contribution in [1.82, 2.24) is 0 Å². The van der Waals surface area contributed by atoms with Crippen LogP contribution in [0.5, 0.6) is 0 Å². The smallest absolute Gasteiger partial charge is 0.0733 e. The van der Waals surface area contributed by atoms with Gasteiger partial charge in [0.25, 0.3) is 0 Å². The highest BCUT2D eigenvalue weighted by Crippen LogP contribution is 2.29. The number of fused-ring (bicyclic) bond motifs is 1. The molecule has 2 atom stereocenters. The van der Waals surface area contributed by atoms with Gasteiger partial charge in [0.15, 0.2) is 0 Å². The van der Waals surface area contributed by atoms with E-state index in [1.165, 1.54) is 5.56 Å². The standard InChI is InChI=1S/C11H14BrNO/c12-8-5-4-7-2-1-3-10(14)11(13)9(7)6-8/h4-6,10-11,14H,1-3,13H2/t10-,11+/m1/s1. The zero-order valence-electron chi connectivity index (χ0n) is 7.91. The minimum Gasteiger partial charge on any atom is -0.391 e. The average molecular weight is 256 g/mol. The van der Waals surface area contributed by atoms with E-state index in [1.807, 2.05) is 12.1 Å². The fourth-order valence-electron chi connectivity index (χ4n) is 1.99. The molecule has 0 saturated heterocycles. The Morgan fingerprint density at radius 2 is 2.21 bits per heavy atom. The lowest BCUT2D eigenvalue weighted by Gasteiger charge is -2.17. The Hall–Kier alpha value is -0.380. The number of rotatable bonds is 0. The Morgan fingerprint density at radius 3 is 3.00 bits per heavy atom. The van der Waals surface area contributed by atoms with Crippen molar-refractivity contribution >= 4 is 15.9 Å². The van der Waals surface area contributed by atoms with Crippen LogP contribution in [0.2, 0.25) is 0 Å². The van der Waals surface area contributed by atoms with E-state index in [9.17, 15) is 5.11 Å². The highest BCUT2D eigenvalue weighted by atomic mass is 79.9. The number of benzene rings is 1. The first-order valence-corrected chi connectivity index (χ1v) is 5.70. The summed E-state index contributed by atoms with van der Waals surface area (Å²) in [6, 6.07) is 5.92. The number of hydrogen-bond acceptors (Lipinski definition) is 2. The Kier molecular flexibility index (Phi) is 2.91. The summed E-state index contributed by atoms with van der Waals surface area (Å²) in [5.41, 5.74) is 8.35. The molecule has 0 bridgehead atoms. The summed E-state index contributed by atoms with van der Waals surface area (Å²) in [4.78, 5) is 0. The SMILES string of the molecule is N[C@H]1c2cc(Br)ccc2CCC[C@H]1O. The van der Waals surface area contributed by atoms with E-state index >= 15 is 0 Å². The Balaban J connectivity index is 2.44. The van der Waals surface area contributed by atoms with Crippen molar-refractivity contribution in [3.05, 3.63) is 33.8 Å². The fraction of sp³-hybridized carbons (Fsp3) is 0.455. The van der Waals surface area contributed by atoms with Crippen molar-refractivity contribution in [2.24, 2.45) is 5.73 Å². The van der Waals surface area contributed by atoms with Crippen molar-refractivity contribution in [3.8, 4) is 0 Å². The molecule has 1 aromatic rings. The molecule has 0 amide bonds. The second-order valence-electron chi connectivity index (χ2n) is 3.83. The zero-order chi connectivity index (χ0) is 10.1. The van der Waals surface area contributed by atoms with Gasteiger partial charge in [-0.15, -0.1) is 0 Å². The quantitative estimate of drug-likeness (QED) is 0.698. The largest absolute Gasteiger partial charge is 0.391 e. The van der Waals surface area contributed by atoms with Gasteiger partial charge in [-0.25, -0.2) is 0 Å². The molecular formula is C11H14BrNO. The molecule has 76 valence electrons. The summed E-state index contributed by atoms with van der Waals surface area (Å²) in [7, 11) is 0. The molecule has 0 saturated carbocycles. The number of nitrogens with two attached hydrogens (primary N) is 1. The van der Waals surface area contributed by atoms with E-state index in [-0.39, 0.29) is 6.04 Å². The van der Waals surface area contributed by atoms with Crippen LogP contribution in [0.1, 0.15) is 30.0 Å². The molecular weight excluding hydrogens is 242 g/mol. The first kappa shape index (κ1) is 10.1. The number of hydrogen-bond donors (Lipinski definition) is 2. The van der Waals surface area contributed by atoms with Gasteiger partial charge in [0.05, 0.1) is 12.1 Å². The molecule has 14 heavy (non-hydrogen) atoms. The third kappa shape index (κ3) is 1.85. The van der Waals surface area contributed by atoms with Crippen LogP contribution in [0.25, 0.3) is 0 Å². The second-order valence-corrected chi connectivity index (χ2v) is 4.74. The highest BCUT2D eigenvalue weighted by Gasteiger charge is 2.22. The monoisotopic (exact) mass is 255 g/mol. The molecule has 0 heterocycles. The Labute approximate surface area is 92.3 Å². The van der Waals surface area contributed by atoms with E-state index < -0.39 is 6.10 Å². The van der Waals surface area contributed by atoms with Gasteiger partial charge in [-0.1, -0.05) is 22.0 Å². The molecule has 0 unspecified atom stereocenters. The maximum atomic E-state index is 9.76. The summed E-state index contributed by atoms with van der Waals surface area (Å²) in [5, 5.41) is 9.76. The van der Waals surface area contributed by atoms with E-state index in [0.29, 0.717) is 0 Å². The normalized spacial score (nSPS) is 26.8. The van der Waals surface area contributed by atoms with Gasteiger partial charge in [-0.2, -0.15) is 0 Å². The molecule has 1 aliphatic rings. The zero-order valence-corrected chi connectivity index (χ0v) is 9.50. The summed E-state index contributed by atoms with van der Waals surface area (Å²) < 4.78 is 1.03. The minimum atomic E-state index is -0.398. The maximum Gasteiger partial charge on any atom is 0.0733 e. The summed E-state index contributed by atoms with van der Waals surface area (Å²) >= 11 is 3.43. The van der Waals surface area contributed by atoms with Crippen LogP contribution in [-0.4, -0.2) is 11.2 Å². The van der Waals surface area contributed by atoms with Crippen LogP contribution in [0, 0.1) is 0 Å². The molecule has 0 radical (unpaired) electrons. The molecule has 0 fully saturated rings. The van der Waals surface area contributed by atoms with Gasteiger partial charge < -0.3 is 10.8 Å². The summed E-state index contributed by atoms with van der Waals surface area (Å²) in [6.07, 6.45) is 2.44. The summed E-state index contributed by atoms with van der Waals surface area (Å²) in [6.45, 7) is 0. The Morgan fingerprint density at radius 1 is 1.43 bits per heavy atom. The predicted molar refractivity (Wildman–Crippen MR) is 60.0 cm³/mol. The van der Waals surface area contributed by atoms with Gasteiger partial charge in [0.2, 0.25) is 0 Å². The first-order valence-electron chi connectivity index (χ1n) is 4.90. The Bertz CT molecular complexity index is 340. The lowest BCUT2D eigenvalue weighted by molar-refractivity contribution is 0.136. The third-order valence-corrected chi connectivity index (χ3v) is 3.32. The third-order valence-electron chi connectivity index (χ3n) is 2.83. The van der Waals surface area contributed by atoms with Gasteiger partial charge in [0, 0.05) is 4.47 Å². The van der Waals surface area contributed by atoms with Crippen LogP contribution in [0.15, 0.2) is 22.7 Å². The van der Waals surface area contributed by atoms with Crippen molar-refractivity contribution in [2.45, 2.75) is 31.4 Å². The number of halogens is 1. The second kappa shape index (κ2) is 4.01. The van der Waals surface area contributed by atoms with Gasteiger partial charge in [0.1, 0.15) is 0 Å². The van der Waals surface area contributed by atoms with E-state index in [0.717, 1.165) is 29.3 Å². The highest BCUT2D eigenvalue weighted by molar-refractivity contribution is 9.10. The molecule has 3 N–H and O–H groups in total. The first-order chi connectivity index (χ1) is 6.68. The van der Waals surface area contributed by atoms with Gasteiger partial charge >= 0.3 is 0 Å². The molecule has 0 aromatic heterocycles. The maximum absolute atomic E-state index is 9.76. The van der Waals surface area contributed by atoms with Crippen LogP contribution >= 0.6 is 15.9 Å². The summed E-state index contributed by atoms with van der Waals surface area (Å²) in [5.74, 6) is 0. The van der Waals surface area contributed by atoms with Crippen LogP contribution in [0.3, 0.4) is 0 Å². The van der Waals surface area contributed by atoms with Crippen molar-refractivity contribution in [1.29, 1.82) is 0 Å². The van der Waals surface area contributed by atoms with Gasteiger partial charge in [-0.05, 0) is 42.5 Å². The topological polar surface area (TPSA) is 46.2 Å². The van der Waals surface area contributed by atoms with E-state index in [2.05, 4.69) is 22.0 Å². The predicted octanol–water partition coefficient (Wildman–Crippen LogP) is 2.15. The van der Waals surface area contributed by atoms with Crippen LogP contribution < -0.4 is 5.73 Å². The fourth-order valence-corrected chi connectivity index (χ4v) is 2.37. The molecule has 1 aromatic carbocycles. The van der Waals surface area contributed by atoms with E-state index in [4.69, 9.17) is 5.73 Å². The van der Waals surface area contributed by atoms with Crippen molar-refractivity contribution in [2.75, 3.05) is 0 Å². The lowest BCUT2D eigenvalue weighted by atomic mass is 9.99. The van der Waals surface area contributed by atoms with Crippen molar-refractivity contribution < 1.29 is 5.11 Å². The molecule has 2 rings (SSSR count). The molecule has 1 aliphatic carbocycles. The molecule has 2 nitrogen and oxygen atoms in total. The van der Waals surface area contributed by atoms with Crippen molar-refractivity contribution in [3.63, 3.8) is 0 Å². The van der Waals surface area contributed by atoms with Crippen LogP contribution in [-0.2, 0) is 6.42 Å². The van der Waals surface area contributed by atoms with Crippen LogP contribution in [0.4, 0.5) is 0 Å². The molecule has 3 heteroatoms. The van der Waals surface area contributed by atoms with Gasteiger partial charge in [-0.3, -0.25) is 0 Å². The number of aliphatic hydroxyl groups is 1. The average Bonchev–Trinajstić information content (AvgIpc) is 2.30.